The van der Waals surface area contributed by atoms with Gasteiger partial charge in [-0.1, -0.05) is 41.0 Å². The molecule has 1 amide bonds. The van der Waals surface area contributed by atoms with Crippen molar-refractivity contribution in [3.8, 4) is 5.75 Å². The number of hydrogen-bond acceptors (Lipinski definition) is 7. The van der Waals surface area contributed by atoms with E-state index in [1.807, 2.05) is 0 Å². The molecule has 0 aliphatic heterocycles. The Labute approximate surface area is 177 Å². The maximum absolute atomic E-state index is 12.2. The van der Waals surface area contributed by atoms with Crippen molar-refractivity contribution >= 4 is 35.2 Å². The number of methoxy groups -OCH3 is 1. The zero-order chi connectivity index (χ0) is 21.3. The zero-order valence-corrected chi connectivity index (χ0v) is 16.8. The Balaban J connectivity index is 1.48. The molecule has 0 radical (unpaired) electrons. The Morgan fingerprint density at radius 3 is 2.70 bits per heavy atom. The average molecular weight is 428 g/mol. The van der Waals surface area contributed by atoms with E-state index in [1.165, 1.54) is 13.2 Å². The van der Waals surface area contributed by atoms with Gasteiger partial charge in [0.25, 0.3) is 5.89 Å². The first-order valence-corrected chi connectivity index (χ1v) is 9.26. The van der Waals surface area contributed by atoms with Crippen molar-refractivity contribution in [3.63, 3.8) is 0 Å². The van der Waals surface area contributed by atoms with Gasteiger partial charge in [-0.15, -0.1) is 0 Å². The quantitative estimate of drug-likeness (QED) is 0.432. The standard InChI is InChI=1S/C21H18ClN3O5/c1-28-17-5-3-2-4-16(17)23-19(26)12-18-24-20(30-25-18)13-29-21(27)11-8-14-6-9-15(22)10-7-14/h2-11H,12-13H2,1H3,(H,23,26)/b11-8+. The minimum atomic E-state index is -0.571. The van der Waals surface area contributed by atoms with Gasteiger partial charge < -0.3 is 19.3 Å². The third-order valence-corrected chi connectivity index (χ3v) is 4.08. The first kappa shape index (κ1) is 21.1. The van der Waals surface area contributed by atoms with Crippen molar-refractivity contribution in [1.29, 1.82) is 0 Å². The fourth-order valence-corrected chi connectivity index (χ4v) is 2.55. The highest BCUT2D eigenvalue weighted by molar-refractivity contribution is 6.30. The molecule has 3 aromatic rings. The highest BCUT2D eigenvalue weighted by Crippen LogP contribution is 2.23. The fraction of sp³-hybridized carbons (Fsp3) is 0.143. The summed E-state index contributed by atoms with van der Waals surface area (Å²) < 4.78 is 15.2. The van der Waals surface area contributed by atoms with Crippen LogP contribution >= 0.6 is 11.6 Å². The van der Waals surface area contributed by atoms with Crippen LogP contribution in [-0.2, 0) is 27.4 Å². The summed E-state index contributed by atoms with van der Waals surface area (Å²) in [4.78, 5) is 28.0. The Kier molecular flexibility index (Phi) is 7.18. The fourth-order valence-electron chi connectivity index (χ4n) is 2.43. The number of nitrogens with zero attached hydrogens (tertiary/aromatic N) is 2. The molecule has 0 saturated heterocycles. The number of benzene rings is 2. The molecule has 0 atom stereocenters. The van der Waals surface area contributed by atoms with Gasteiger partial charge in [0.05, 0.1) is 19.2 Å². The number of esters is 1. The molecule has 154 valence electrons. The van der Waals surface area contributed by atoms with Crippen molar-refractivity contribution in [2.75, 3.05) is 12.4 Å². The normalized spacial score (nSPS) is 10.7. The molecule has 3 rings (SSSR count). The first-order chi connectivity index (χ1) is 14.5. The van der Waals surface area contributed by atoms with Crippen LogP contribution in [0.4, 0.5) is 5.69 Å². The number of halogens is 1. The lowest BCUT2D eigenvalue weighted by molar-refractivity contribution is -0.139. The molecule has 0 bridgehead atoms. The number of carbonyl (C=O) groups excluding carboxylic acids is 2. The van der Waals surface area contributed by atoms with Crippen LogP contribution < -0.4 is 10.1 Å². The second-order valence-corrected chi connectivity index (χ2v) is 6.46. The molecule has 8 nitrogen and oxygen atoms in total. The Morgan fingerprint density at radius 1 is 1.17 bits per heavy atom. The lowest BCUT2D eigenvalue weighted by Crippen LogP contribution is -2.15. The van der Waals surface area contributed by atoms with Gasteiger partial charge in [0, 0.05) is 11.1 Å². The number of anilines is 1. The van der Waals surface area contributed by atoms with Gasteiger partial charge in [0.15, 0.2) is 12.4 Å². The summed E-state index contributed by atoms with van der Waals surface area (Å²) in [7, 11) is 1.52. The molecule has 1 N–H and O–H groups in total. The topological polar surface area (TPSA) is 104 Å². The molecule has 0 spiro atoms. The SMILES string of the molecule is COc1ccccc1NC(=O)Cc1noc(COC(=O)/C=C/c2ccc(Cl)cc2)n1. The maximum atomic E-state index is 12.2. The smallest absolute Gasteiger partial charge is 0.331 e. The number of para-hydroxylation sites is 2. The second-order valence-electron chi connectivity index (χ2n) is 6.02. The lowest BCUT2D eigenvalue weighted by atomic mass is 10.2. The largest absolute Gasteiger partial charge is 0.495 e. The molecule has 1 aromatic heterocycles. The average Bonchev–Trinajstić information content (AvgIpc) is 3.19. The number of aromatic nitrogens is 2. The molecular formula is C21H18ClN3O5. The second kappa shape index (κ2) is 10.2. The van der Waals surface area contributed by atoms with Crippen molar-refractivity contribution < 1.29 is 23.6 Å². The minimum absolute atomic E-state index is 0.0864. The third kappa shape index (κ3) is 6.18. The molecule has 0 saturated carbocycles. The van der Waals surface area contributed by atoms with E-state index < -0.39 is 5.97 Å². The highest BCUT2D eigenvalue weighted by atomic mass is 35.5. The monoisotopic (exact) mass is 427 g/mol. The number of carbonyl (C=O) groups is 2. The molecule has 0 fully saturated rings. The van der Waals surface area contributed by atoms with Gasteiger partial charge in [-0.2, -0.15) is 4.98 Å². The number of hydrogen-bond donors (Lipinski definition) is 1. The summed E-state index contributed by atoms with van der Waals surface area (Å²) >= 11 is 5.81. The van der Waals surface area contributed by atoms with Crippen LogP contribution in [-0.4, -0.2) is 29.1 Å². The van der Waals surface area contributed by atoms with Crippen LogP contribution in [0, 0.1) is 0 Å². The van der Waals surface area contributed by atoms with Gasteiger partial charge in [0.2, 0.25) is 5.91 Å². The Hall–Kier alpha value is -3.65. The Morgan fingerprint density at radius 2 is 1.93 bits per heavy atom. The van der Waals surface area contributed by atoms with Crippen molar-refractivity contribution in [2.45, 2.75) is 13.0 Å². The van der Waals surface area contributed by atoms with Crippen LogP contribution in [0.1, 0.15) is 17.3 Å². The molecule has 1 heterocycles. The van der Waals surface area contributed by atoms with Gasteiger partial charge in [-0.3, -0.25) is 4.79 Å². The van der Waals surface area contributed by atoms with Crippen LogP contribution in [0.3, 0.4) is 0 Å². The molecule has 9 heteroatoms. The summed E-state index contributed by atoms with van der Waals surface area (Å²) in [5.41, 5.74) is 1.34. The van der Waals surface area contributed by atoms with Crippen molar-refractivity contribution in [1.82, 2.24) is 10.1 Å². The summed E-state index contributed by atoms with van der Waals surface area (Å²) in [6.45, 7) is -0.203. The van der Waals surface area contributed by atoms with Crippen LogP contribution in [0.15, 0.2) is 59.1 Å². The Bertz CT molecular complexity index is 1050. The maximum Gasteiger partial charge on any atom is 0.331 e. The summed E-state index contributed by atoms with van der Waals surface area (Å²) in [5, 5.41) is 7.05. The van der Waals surface area contributed by atoms with Gasteiger partial charge >= 0.3 is 5.97 Å². The van der Waals surface area contributed by atoms with Crippen molar-refractivity contribution in [3.05, 3.63) is 76.9 Å². The lowest BCUT2D eigenvalue weighted by Gasteiger charge is -2.08. The molecule has 0 aliphatic carbocycles. The van der Waals surface area contributed by atoms with Gasteiger partial charge in [-0.25, -0.2) is 4.79 Å². The van der Waals surface area contributed by atoms with Crippen LogP contribution in [0.2, 0.25) is 5.02 Å². The first-order valence-electron chi connectivity index (χ1n) is 8.88. The van der Waals surface area contributed by atoms with Gasteiger partial charge in [0.1, 0.15) is 5.75 Å². The van der Waals surface area contributed by atoms with Crippen molar-refractivity contribution in [2.24, 2.45) is 0 Å². The predicted molar refractivity (Wildman–Crippen MR) is 110 cm³/mol. The van der Waals surface area contributed by atoms with Gasteiger partial charge in [-0.05, 0) is 35.9 Å². The number of ether oxygens (including phenoxy) is 2. The van der Waals surface area contributed by atoms with E-state index in [-0.39, 0.29) is 30.7 Å². The number of nitrogens with one attached hydrogen (secondary N) is 1. The van der Waals surface area contributed by atoms with E-state index >= 15 is 0 Å². The van der Waals surface area contributed by atoms with E-state index in [0.29, 0.717) is 16.5 Å². The zero-order valence-electron chi connectivity index (χ0n) is 16.0. The summed E-state index contributed by atoms with van der Waals surface area (Å²) in [5.74, 6) is -0.111. The van der Waals surface area contributed by atoms with Crippen LogP contribution in [0.5, 0.6) is 5.75 Å². The molecule has 0 unspecified atom stereocenters. The molecule has 0 aliphatic rings. The number of amides is 1. The predicted octanol–water partition coefficient (Wildman–Crippen LogP) is 3.67. The van der Waals surface area contributed by atoms with E-state index in [1.54, 1.807) is 54.6 Å². The van der Waals surface area contributed by atoms with Crippen LogP contribution in [0.25, 0.3) is 6.08 Å². The molecular weight excluding hydrogens is 410 g/mol. The number of rotatable bonds is 8. The molecule has 2 aromatic carbocycles. The minimum Gasteiger partial charge on any atom is -0.495 e. The summed E-state index contributed by atoms with van der Waals surface area (Å²) in [6, 6.07) is 14.0. The van der Waals surface area contributed by atoms with E-state index in [9.17, 15) is 9.59 Å². The van der Waals surface area contributed by atoms with E-state index in [2.05, 4.69) is 15.5 Å². The third-order valence-electron chi connectivity index (χ3n) is 3.83. The van der Waals surface area contributed by atoms with E-state index in [0.717, 1.165) is 5.56 Å². The van der Waals surface area contributed by atoms with E-state index in [4.69, 9.17) is 25.6 Å². The molecule has 30 heavy (non-hydrogen) atoms. The highest BCUT2D eigenvalue weighted by Gasteiger charge is 2.13. The summed E-state index contributed by atoms with van der Waals surface area (Å²) in [6.07, 6.45) is 2.77.